The van der Waals surface area contributed by atoms with Crippen LogP contribution in [0.3, 0.4) is 0 Å². The quantitative estimate of drug-likeness (QED) is 0.284. The van der Waals surface area contributed by atoms with Gasteiger partial charge in [0, 0.05) is 23.7 Å². The number of pyridine rings is 1. The molecule has 1 saturated carbocycles. The molecule has 4 rings (SSSR count). The van der Waals surface area contributed by atoms with Gasteiger partial charge in [-0.3, -0.25) is 14.4 Å². The van der Waals surface area contributed by atoms with Crippen molar-refractivity contribution in [2.45, 2.75) is 38.1 Å². The van der Waals surface area contributed by atoms with Crippen molar-refractivity contribution >= 4 is 46.9 Å². The van der Waals surface area contributed by atoms with Crippen molar-refractivity contribution in [3.05, 3.63) is 59.8 Å². The molecule has 3 aromatic rings. The topological polar surface area (TPSA) is 150 Å². The summed E-state index contributed by atoms with van der Waals surface area (Å²) < 4.78 is 5.21. The fourth-order valence-corrected chi connectivity index (χ4v) is 4.80. The van der Waals surface area contributed by atoms with Gasteiger partial charge in [0.25, 0.3) is 11.8 Å². The van der Waals surface area contributed by atoms with E-state index in [1.807, 2.05) is 0 Å². The van der Waals surface area contributed by atoms with Crippen LogP contribution in [0.5, 0.6) is 5.75 Å². The van der Waals surface area contributed by atoms with E-state index in [1.54, 1.807) is 37.4 Å². The number of methoxy groups -OCH3 is 1. The minimum Gasteiger partial charge on any atom is -0.497 e. The van der Waals surface area contributed by atoms with E-state index >= 15 is 0 Å². The van der Waals surface area contributed by atoms with Crippen molar-refractivity contribution in [3.63, 3.8) is 0 Å². The van der Waals surface area contributed by atoms with Crippen molar-refractivity contribution in [1.29, 1.82) is 0 Å². The van der Waals surface area contributed by atoms with Gasteiger partial charge in [0.05, 0.1) is 12.6 Å². The van der Waals surface area contributed by atoms with Gasteiger partial charge in [-0.15, -0.1) is 0 Å². The number of carbonyl (C=O) groups is 3. The zero-order chi connectivity index (χ0) is 27.2. The minimum atomic E-state index is -1.87. The van der Waals surface area contributed by atoms with Crippen LogP contribution in [-0.2, 0) is 4.79 Å². The Bertz CT molecular complexity index is 1340. The summed E-state index contributed by atoms with van der Waals surface area (Å²) in [7, 11) is 1.22. The maximum atomic E-state index is 13.2. The van der Waals surface area contributed by atoms with Gasteiger partial charge in [0.15, 0.2) is 0 Å². The summed E-state index contributed by atoms with van der Waals surface area (Å²) in [4.78, 5) is 43.2. The van der Waals surface area contributed by atoms with E-state index in [9.17, 15) is 24.4 Å². The van der Waals surface area contributed by atoms with Crippen molar-refractivity contribution in [3.8, 4) is 5.75 Å². The second kappa shape index (κ2) is 12.1. The lowest BCUT2D eigenvalue weighted by Crippen LogP contribution is -2.50. The first-order valence-corrected chi connectivity index (χ1v) is 12.6. The Balaban J connectivity index is 1.57. The van der Waals surface area contributed by atoms with Crippen molar-refractivity contribution in [1.82, 2.24) is 15.6 Å². The van der Waals surface area contributed by atoms with Gasteiger partial charge >= 0.3 is 7.12 Å². The molecule has 5 N–H and O–H groups in total. The molecule has 0 saturated heterocycles. The van der Waals surface area contributed by atoms with Crippen LogP contribution in [0.1, 0.15) is 53.0 Å². The lowest BCUT2D eigenvalue weighted by Gasteiger charge is -2.29. The minimum absolute atomic E-state index is 0.0115. The summed E-state index contributed by atoms with van der Waals surface area (Å²) in [5.74, 6) is -0.692. The predicted octanol–water partition coefficient (Wildman–Crippen LogP) is 1.60. The fraction of sp³-hybridized carbons (Fsp3) is 0.333. The standard InChI is InChI=1S/C27H31BN4O6/c1-29-27(35)24(16-6-4-3-5-7-16)32-25(33)18-12-19(28(36)37)15-20(13-18)30-26(34)23-10-8-17-14-21(38-2)9-11-22(17)31-23/h8-16,24,36-37H,3-7H2,1-2H3,(H,29,35)(H,30,34)(H,32,33)/t24-/m0/s1. The lowest BCUT2D eigenvalue weighted by atomic mass is 9.79. The van der Waals surface area contributed by atoms with Gasteiger partial charge < -0.3 is 30.7 Å². The van der Waals surface area contributed by atoms with Gasteiger partial charge in [-0.25, -0.2) is 4.98 Å². The molecule has 1 aliphatic rings. The molecule has 1 aromatic heterocycles. The van der Waals surface area contributed by atoms with Crippen molar-refractivity contribution in [2.24, 2.45) is 5.92 Å². The third kappa shape index (κ3) is 6.29. The zero-order valence-electron chi connectivity index (χ0n) is 21.4. The third-order valence-electron chi connectivity index (χ3n) is 6.84. The number of benzene rings is 2. The fourth-order valence-electron chi connectivity index (χ4n) is 4.80. The van der Waals surface area contributed by atoms with Crippen LogP contribution < -0.4 is 26.2 Å². The number of amides is 3. The number of carbonyl (C=O) groups excluding carboxylic acids is 3. The number of ether oxygens (including phenoxy) is 1. The summed E-state index contributed by atoms with van der Waals surface area (Å²) in [5, 5.41) is 28.5. The molecule has 198 valence electrons. The van der Waals surface area contributed by atoms with E-state index in [-0.39, 0.29) is 34.2 Å². The Morgan fingerprint density at radius 3 is 2.45 bits per heavy atom. The Labute approximate surface area is 220 Å². The highest BCUT2D eigenvalue weighted by atomic mass is 16.5. The molecule has 0 aliphatic heterocycles. The maximum absolute atomic E-state index is 13.2. The molecule has 1 fully saturated rings. The highest BCUT2D eigenvalue weighted by Gasteiger charge is 2.31. The van der Waals surface area contributed by atoms with E-state index in [4.69, 9.17) is 4.74 Å². The summed E-state index contributed by atoms with van der Waals surface area (Å²) in [5.41, 5.74) is 1.01. The molecule has 1 atom stereocenters. The van der Waals surface area contributed by atoms with E-state index in [0.29, 0.717) is 11.3 Å². The largest absolute Gasteiger partial charge is 0.497 e. The molecule has 0 spiro atoms. The molecule has 0 bridgehead atoms. The highest BCUT2D eigenvalue weighted by Crippen LogP contribution is 2.27. The summed E-state index contributed by atoms with van der Waals surface area (Å²) in [6.07, 6.45) is 4.76. The van der Waals surface area contributed by atoms with Gasteiger partial charge in [-0.1, -0.05) is 25.3 Å². The SMILES string of the molecule is CNC(=O)[C@@H](NC(=O)c1cc(NC(=O)c2ccc3cc(OC)ccc3n2)cc(B(O)O)c1)C1CCCCC1. The zero-order valence-corrected chi connectivity index (χ0v) is 21.4. The first-order chi connectivity index (χ1) is 18.3. The number of nitrogens with zero attached hydrogens (tertiary/aromatic N) is 1. The van der Waals surface area contributed by atoms with Crippen LogP contribution in [0.4, 0.5) is 5.69 Å². The Hall–Kier alpha value is -3.96. The molecule has 2 aromatic carbocycles. The molecule has 10 nitrogen and oxygen atoms in total. The van der Waals surface area contributed by atoms with Crippen LogP contribution in [0.15, 0.2) is 48.5 Å². The number of hydrogen-bond acceptors (Lipinski definition) is 7. The van der Waals surface area contributed by atoms with E-state index in [1.165, 1.54) is 25.2 Å². The number of hydrogen-bond donors (Lipinski definition) is 5. The Morgan fingerprint density at radius 1 is 1.00 bits per heavy atom. The molecule has 3 amide bonds. The number of rotatable bonds is 8. The molecule has 1 heterocycles. The van der Waals surface area contributed by atoms with Gasteiger partial charge in [-0.2, -0.15) is 0 Å². The molecule has 11 heteroatoms. The van der Waals surface area contributed by atoms with Crippen LogP contribution in [-0.4, -0.2) is 60.1 Å². The predicted molar refractivity (Wildman–Crippen MR) is 144 cm³/mol. The smallest absolute Gasteiger partial charge is 0.488 e. The lowest BCUT2D eigenvalue weighted by molar-refractivity contribution is -0.124. The van der Waals surface area contributed by atoms with Crippen LogP contribution in [0.25, 0.3) is 10.9 Å². The monoisotopic (exact) mass is 518 g/mol. The molecule has 0 unspecified atom stereocenters. The molecule has 38 heavy (non-hydrogen) atoms. The maximum Gasteiger partial charge on any atom is 0.488 e. The van der Waals surface area contributed by atoms with Crippen molar-refractivity contribution in [2.75, 3.05) is 19.5 Å². The number of fused-ring (bicyclic) bond motifs is 1. The number of aromatic nitrogens is 1. The van der Waals surface area contributed by atoms with Crippen LogP contribution >= 0.6 is 0 Å². The first kappa shape index (κ1) is 27.1. The summed E-state index contributed by atoms with van der Waals surface area (Å²) in [6.45, 7) is 0. The average Bonchev–Trinajstić information content (AvgIpc) is 2.94. The van der Waals surface area contributed by atoms with E-state index < -0.39 is 25.0 Å². The Morgan fingerprint density at radius 2 is 1.76 bits per heavy atom. The van der Waals surface area contributed by atoms with Crippen LogP contribution in [0, 0.1) is 5.92 Å². The highest BCUT2D eigenvalue weighted by molar-refractivity contribution is 6.58. The number of nitrogens with one attached hydrogen (secondary N) is 3. The normalized spacial score (nSPS) is 14.4. The second-order valence-corrected chi connectivity index (χ2v) is 9.39. The van der Waals surface area contributed by atoms with Gasteiger partial charge in [0.2, 0.25) is 5.91 Å². The van der Waals surface area contributed by atoms with Crippen LogP contribution in [0.2, 0.25) is 0 Å². The van der Waals surface area contributed by atoms with E-state index in [2.05, 4.69) is 20.9 Å². The average molecular weight is 518 g/mol. The second-order valence-electron chi connectivity index (χ2n) is 9.39. The Kier molecular flexibility index (Phi) is 8.60. The molecular formula is C27H31BN4O6. The van der Waals surface area contributed by atoms with Crippen molar-refractivity contribution < 1.29 is 29.2 Å². The van der Waals surface area contributed by atoms with Gasteiger partial charge in [0.1, 0.15) is 17.5 Å². The molecular weight excluding hydrogens is 487 g/mol. The summed E-state index contributed by atoms with van der Waals surface area (Å²) >= 11 is 0. The van der Waals surface area contributed by atoms with E-state index in [0.717, 1.165) is 37.5 Å². The number of likely N-dealkylation sites (N-methyl/N-ethyl adjacent to an activating group) is 1. The summed E-state index contributed by atoms with van der Waals surface area (Å²) in [6, 6.07) is 12.0. The molecule has 1 aliphatic carbocycles. The third-order valence-corrected chi connectivity index (χ3v) is 6.84. The molecule has 0 radical (unpaired) electrons. The first-order valence-electron chi connectivity index (χ1n) is 12.6. The van der Waals surface area contributed by atoms with Gasteiger partial charge in [-0.05, 0) is 66.7 Å². The number of anilines is 1.